The quantitative estimate of drug-likeness (QED) is 0.922. The third-order valence-corrected chi connectivity index (χ3v) is 6.07. The molecule has 1 N–H and O–H groups in total. The van der Waals surface area contributed by atoms with E-state index in [-0.39, 0.29) is 6.04 Å². The molecule has 1 aromatic carbocycles. The van der Waals surface area contributed by atoms with Gasteiger partial charge in [0.25, 0.3) is 0 Å². The molecule has 106 valence electrons. The van der Waals surface area contributed by atoms with Gasteiger partial charge in [0.15, 0.2) is 0 Å². The van der Waals surface area contributed by atoms with E-state index in [1.165, 1.54) is 0 Å². The number of benzene rings is 1. The molecule has 2 rings (SSSR count). The van der Waals surface area contributed by atoms with Crippen LogP contribution in [-0.2, 0) is 10.0 Å². The number of hydrogen-bond donors (Lipinski definition) is 1. The van der Waals surface area contributed by atoms with E-state index in [0.29, 0.717) is 10.8 Å². The maximum Gasteiger partial charge on any atom is 0.241 e. The topological polar surface area (TPSA) is 46.2 Å². The Hall–Kier alpha value is -0.870. The summed E-state index contributed by atoms with van der Waals surface area (Å²) in [5.74, 6) is 0.515. The molecule has 0 bridgehead atoms. The lowest BCUT2D eigenvalue weighted by Gasteiger charge is -2.19. The Bertz CT molecular complexity index is 575. The summed E-state index contributed by atoms with van der Waals surface area (Å²) in [6.45, 7) is 9.66. The first-order valence-corrected chi connectivity index (χ1v) is 8.32. The van der Waals surface area contributed by atoms with Gasteiger partial charge in [-0.25, -0.2) is 13.1 Å². The average Bonchev–Trinajstić information content (AvgIpc) is 3.09. The summed E-state index contributed by atoms with van der Waals surface area (Å²) in [6.07, 6.45) is 2.27. The Balaban J connectivity index is 2.44. The molecular formula is C15H23NO2S. The van der Waals surface area contributed by atoms with E-state index in [1.807, 2.05) is 40.7 Å². The third-order valence-electron chi connectivity index (χ3n) is 4.24. The number of hydrogen-bond acceptors (Lipinski definition) is 2. The highest BCUT2D eigenvalue weighted by molar-refractivity contribution is 7.89. The molecule has 1 atom stereocenters. The Labute approximate surface area is 116 Å². The van der Waals surface area contributed by atoms with E-state index in [0.717, 1.165) is 35.1 Å². The molecule has 19 heavy (non-hydrogen) atoms. The Morgan fingerprint density at radius 2 is 1.58 bits per heavy atom. The van der Waals surface area contributed by atoms with Gasteiger partial charge in [-0.1, -0.05) is 6.07 Å². The van der Waals surface area contributed by atoms with Crippen LogP contribution in [0.25, 0.3) is 0 Å². The van der Waals surface area contributed by atoms with Gasteiger partial charge < -0.3 is 0 Å². The molecule has 3 nitrogen and oxygen atoms in total. The second-order valence-electron chi connectivity index (χ2n) is 5.84. The van der Waals surface area contributed by atoms with Gasteiger partial charge in [-0.3, -0.25) is 0 Å². The summed E-state index contributed by atoms with van der Waals surface area (Å²) in [7, 11) is -3.42. The van der Waals surface area contributed by atoms with Crippen molar-refractivity contribution < 1.29 is 8.42 Å². The third kappa shape index (κ3) is 2.84. The van der Waals surface area contributed by atoms with Crippen LogP contribution in [0.4, 0.5) is 0 Å². The molecule has 0 radical (unpaired) electrons. The van der Waals surface area contributed by atoms with Crippen LogP contribution in [0.1, 0.15) is 42.0 Å². The van der Waals surface area contributed by atoms with Gasteiger partial charge in [0, 0.05) is 6.04 Å². The normalized spacial score (nSPS) is 17.5. The van der Waals surface area contributed by atoms with Crippen molar-refractivity contribution >= 4 is 10.0 Å². The largest absolute Gasteiger partial charge is 0.241 e. The van der Waals surface area contributed by atoms with E-state index >= 15 is 0 Å². The van der Waals surface area contributed by atoms with E-state index in [1.54, 1.807) is 0 Å². The molecule has 1 saturated carbocycles. The van der Waals surface area contributed by atoms with Crippen molar-refractivity contribution in [2.75, 3.05) is 0 Å². The van der Waals surface area contributed by atoms with Crippen molar-refractivity contribution in [1.29, 1.82) is 0 Å². The van der Waals surface area contributed by atoms with E-state index in [4.69, 9.17) is 0 Å². The lowest BCUT2D eigenvalue weighted by atomic mass is 10.0. The zero-order valence-electron chi connectivity index (χ0n) is 12.4. The van der Waals surface area contributed by atoms with Crippen molar-refractivity contribution in [2.45, 2.75) is 58.4 Å². The molecule has 0 aliphatic heterocycles. The minimum absolute atomic E-state index is 0.0321. The number of rotatable bonds is 4. The summed E-state index contributed by atoms with van der Waals surface area (Å²) in [5, 5.41) is 0. The summed E-state index contributed by atoms with van der Waals surface area (Å²) < 4.78 is 28.1. The highest BCUT2D eigenvalue weighted by Crippen LogP contribution is 2.34. The van der Waals surface area contributed by atoms with E-state index in [2.05, 4.69) is 4.72 Å². The van der Waals surface area contributed by atoms with Crippen LogP contribution in [0.2, 0.25) is 0 Å². The van der Waals surface area contributed by atoms with Crippen molar-refractivity contribution in [1.82, 2.24) is 4.72 Å². The van der Waals surface area contributed by atoms with Gasteiger partial charge >= 0.3 is 0 Å². The zero-order valence-corrected chi connectivity index (χ0v) is 13.2. The van der Waals surface area contributed by atoms with Gasteiger partial charge in [0.1, 0.15) is 0 Å². The van der Waals surface area contributed by atoms with E-state index in [9.17, 15) is 8.42 Å². The van der Waals surface area contributed by atoms with Crippen molar-refractivity contribution in [3.8, 4) is 0 Å². The fourth-order valence-corrected chi connectivity index (χ4v) is 4.51. The molecule has 0 amide bonds. The van der Waals surface area contributed by atoms with Gasteiger partial charge in [-0.2, -0.15) is 0 Å². The van der Waals surface area contributed by atoms with Crippen molar-refractivity contribution in [2.24, 2.45) is 5.92 Å². The molecule has 4 heteroatoms. The zero-order chi connectivity index (χ0) is 14.4. The van der Waals surface area contributed by atoms with Crippen LogP contribution >= 0.6 is 0 Å². The summed E-state index contributed by atoms with van der Waals surface area (Å²) in [4.78, 5) is 0.470. The Morgan fingerprint density at radius 3 is 2.00 bits per heavy atom. The first-order valence-electron chi connectivity index (χ1n) is 6.83. The maximum absolute atomic E-state index is 12.6. The number of sulfonamides is 1. The number of nitrogens with one attached hydrogen (secondary N) is 1. The molecule has 0 spiro atoms. The first-order chi connectivity index (χ1) is 8.74. The summed E-state index contributed by atoms with van der Waals surface area (Å²) in [6, 6.07) is 2.08. The Kier molecular flexibility index (Phi) is 3.76. The smallest absolute Gasteiger partial charge is 0.208 e. The molecule has 1 aromatic rings. The van der Waals surface area contributed by atoms with Gasteiger partial charge in [0.2, 0.25) is 10.0 Å². The predicted octanol–water partition coefficient (Wildman–Crippen LogP) is 3.00. The fraction of sp³-hybridized carbons (Fsp3) is 0.600. The number of aryl methyl sites for hydroxylation is 2. The minimum atomic E-state index is -3.42. The first kappa shape index (κ1) is 14.5. The van der Waals surface area contributed by atoms with Crippen LogP contribution in [0.15, 0.2) is 11.0 Å². The Morgan fingerprint density at radius 1 is 1.11 bits per heavy atom. The van der Waals surface area contributed by atoms with E-state index < -0.39 is 10.0 Å². The summed E-state index contributed by atoms with van der Waals surface area (Å²) in [5.41, 5.74) is 3.78. The standard InChI is InChI=1S/C15H23NO2S/c1-9-8-10(2)12(4)15(11(9)3)19(17,18)16-13(5)14-6-7-14/h8,13-14,16H,6-7H2,1-5H3/t13-/m0/s1. The van der Waals surface area contributed by atoms with Gasteiger partial charge in [-0.05, 0) is 75.6 Å². The molecule has 1 aliphatic rings. The molecule has 0 heterocycles. The predicted molar refractivity (Wildman–Crippen MR) is 77.9 cm³/mol. The van der Waals surface area contributed by atoms with Crippen LogP contribution in [0.5, 0.6) is 0 Å². The second kappa shape index (κ2) is 4.91. The van der Waals surface area contributed by atoms with Crippen molar-refractivity contribution in [3.05, 3.63) is 28.3 Å². The van der Waals surface area contributed by atoms with Gasteiger partial charge in [0.05, 0.1) is 4.90 Å². The monoisotopic (exact) mass is 281 g/mol. The van der Waals surface area contributed by atoms with Crippen LogP contribution < -0.4 is 4.72 Å². The fourth-order valence-electron chi connectivity index (χ4n) is 2.58. The lowest BCUT2D eigenvalue weighted by molar-refractivity contribution is 0.537. The summed E-state index contributed by atoms with van der Waals surface area (Å²) >= 11 is 0. The molecule has 1 fully saturated rings. The highest BCUT2D eigenvalue weighted by atomic mass is 32.2. The van der Waals surface area contributed by atoms with Crippen LogP contribution in [0, 0.1) is 33.6 Å². The maximum atomic E-state index is 12.6. The lowest BCUT2D eigenvalue weighted by Crippen LogP contribution is -2.35. The second-order valence-corrected chi connectivity index (χ2v) is 7.49. The molecule has 1 aliphatic carbocycles. The van der Waals surface area contributed by atoms with Gasteiger partial charge in [-0.15, -0.1) is 0 Å². The minimum Gasteiger partial charge on any atom is -0.208 e. The molecular weight excluding hydrogens is 258 g/mol. The van der Waals surface area contributed by atoms with Crippen LogP contribution in [0.3, 0.4) is 0 Å². The highest BCUT2D eigenvalue weighted by Gasteiger charge is 2.32. The van der Waals surface area contributed by atoms with Crippen molar-refractivity contribution in [3.63, 3.8) is 0 Å². The van der Waals surface area contributed by atoms with Crippen LogP contribution in [-0.4, -0.2) is 14.5 Å². The molecule has 0 aromatic heterocycles. The molecule has 0 unspecified atom stereocenters. The average molecular weight is 281 g/mol. The molecule has 0 saturated heterocycles. The SMILES string of the molecule is Cc1cc(C)c(C)c(S(=O)(=O)N[C@@H](C)C2CC2)c1C.